The fourth-order valence-electron chi connectivity index (χ4n) is 2.58. The van der Waals surface area contributed by atoms with E-state index >= 15 is 0 Å². The molecule has 3 atom stereocenters. The van der Waals surface area contributed by atoms with Crippen molar-refractivity contribution in [1.29, 1.82) is 0 Å². The number of hydrogen-bond donors (Lipinski definition) is 2. The number of nitrogens with two attached hydrogens (primary N) is 1. The first-order valence-corrected chi connectivity index (χ1v) is 6.20. The van der Waals surface area contributed by atoms with Crippen LogP contribution in [0, 0.1) is 18.8 Å². The molecule has 1 aliphatic carbocycles. The predicted molar refractivity (Wildman–Crippen MR) is 70.6 cm³/mol. The average molecular weight is 218 g/mol. The highest BCUT2D eigenvalue weighted by Gasteiger charge is 2.29. The molecule has 0 bridgehead atoms. The van der Waals surface area contributed by atoms with E-state index in [4.69, 9.17) is 5.73 Å². The van der Waals surface area contributed by atoms with Gasteiger partial charge in [0.2, 0.25) is 0 Å². The normalized spacial score (nSPS) is 29.3. The summed E-state index contributed by atoms with van der Waals surface area (Å²) in [6, 6.07) is 6.83. The summed E-state index contributed by atoms with van der Waals surface area (Å²) >= 11 is 0. The monoisotopic (exact) mass is 218 g/mol. The molecule has 0 aromatic heterocycles. The molecule has 88 valence electrons. The van der Waals surface area contributed by atoms with Crippen LogP contribution in [0.5, 0.6) is 0 Å². The third-order valence-corrected chi connectivity index (χ3v) is 4.01. The zero-order valence-electron chi connectivity index (χ0n) is 10.5. The zero-order chi connectivity index (χ0) is 11.7. The first kappa shape index (κ1) is 11.3. The molecule has 0 radical (unpaired) electrons. The van der Waals surface area contributed by atoms with Gasteiger partial charge in [0, 0.05) is 6.04 Å². The van der Waals surface area contributed by atoms with Crippen LogP contribution in [0.4, 0.5) is 11.4 Å². The van der Waals surface area contributed by atoms with Gasteiger partial charge in [-0.05, 0) is 49.3 Å². The first-order valence-electron chi connectivity index (χ1n) is 6.20. The van der Waals surface area contributed by atoms with E-state index in [9.17, 15) is 0 Å². The smallest absolute Gasteiger partial charge is 0.0576 e. The van der Waals surface area contributed by atoms with Crippen LogP contribution in [0.2, 0.25) is 0 Å². The highest BCUT2D eigenvalue weighted by molar-refractivity contribution is 5.67. The SMILES string of the molecule is Cc1ccc(NC2CCC(C)C2C)c(N)c1. The van der Waals surface area contributed by atoms with Gasteiger partial charge in [-0.2, -0.15) is 0 Å². The number of anilines is 2. The van der Waals surface area contributed by atoms with E-state index in [1.165, 1.54) is 18.4 Å². The van der Waals surface area contributed by atoms with Gasteiger partial charge < -0.3 is 11.1 Å². The Labute approximate surface area is 98.2 Å². The van der Waals surface area contributed by atoms with E-state index in [0.717, 1.165) is 23.2 Å². The Morgan fingerprint density at radius 3 is 2.56 bits per heavy atom. The predicted octanol–water partition coefficient (Wildman–Crippen LogP) is 3.42. The van der Waals surface area contributed by atoms with Gasteiger partial charge in [0.15, 0.2) is 0 Å². The molecule has 3 unspecified atom stereocenters. The first-order chi connectivity index (χ1) is 7.58. The maximum atomic E-state index is 6.02. The van der Waals surface area contributed by atoms with Crippen LogP contribution in [0.1, 0.15) is 32.3 Å². The summed E-state index contributed by atoms with van der Waals surface area (Å²) in [4.78, 5) is 0. The molecule has 16 heavy (non-hydrogen) atoms. The van der Waals surface area contributed by atoms with Gasteiger partial charge in [-0.15, -0.1) is 0 Å². The van der Waals surface area contributed by atoms with E-state index in [1.54, 1.807) is 0 Å². The van der Waals surface area contributed by atoms with Crippen molar-refractivity contribution in [3.05, 3.63) is 23.8 Å². The molecule has 1 aromatic carbocycles. The van der Waals surface area contributed by atoms with Crippen molar-refractivity contribution in [2.24, 2.45) is 11.8 Å². The van der Waals surface area contributed by atoms with Crippen molar-refractivity contribution in [1.82, 2.24) is 0 Å². The lowest BCUT2D eigenvalue weighted by molar-refractivity contribution is 0.435. The molecule has 3 N–H and O–H groups in total. The number of benzene rings is 1. The Morgan fingerprint density at radius 2 is 2.00 bits per heavy atom. The third-order valence-electron chi connectivity index (χ3n) is 4.01. The summed E-state index contributed by atoms with van der Waals surface area (Å²) < 4.78 is 0. The number of aryl methyl sites for hydroxylation is 1. The van der Waals surface area contributed by atoms with Crippen LogP contribution in [0.3, 0.4) is 0 Å². The fraction of sp³-hybridized carbons (Fsp3) is 0.571. The number of nitrogen functional groups attached to an aromatic ring is 1. The molecule has 0 aliphatic heterocycles. The van der Waals surface area contributed by atoms with Crippen LogP contribution < -0.4 is 11.1 Å². The van der Waals surface area contributed by atoms with Gasteiger partial charge in [0.1, 0.15) is 0 Å². The van der Waals surface area contributed by atoms with Crippen LogP contribution in [-0.2, 0) is 0 Å². The highest BCUT2D eigenvalue weighted by atomic mass is 14.9. The third kappa shape index (κ3) is 2.16. The standard InChI is InChI=1S/C14H22N2/c1-9-4-6-14(12(15)8-9)16-13-7-5-10(2)11(13)3/h4,6,8,10-11,13,16H,5,7,15H2,1-3H3. The van der Waals surface area contributed by atoms with Crippen molar-refractivity contribution >= 4 is 11.4 Å². The van der Waals surface area contributed by atoms with Gasteiger partial charge >= 0.3 is 0 Å². The molecular formula is C14H22N2. The summed E-state index contributed by atoms with van der Waals surface area (Å²) in [6.07, 6.45) is 2.58. The van der Waals surface area contributed by atoms with Crippen molar-refractivity contribution in [2.75, 3.05) is 11.1 Å². The minimum atomic E-state index is 0.583. The Morgan fingerprint density at radius 1 is 1.25 bits per heavy atom. The zero-order valence-corrected chi connectivity index (χ0v) is 10.5. The molecule has 0 saturated heterocycles. The van der Waals surface area contributed by atoms with Crippen molar-refractivity contribution in [3.8, 4) is 0 Å². The highest BCUT2D eigenvalue weighted by Crippen LogP contribution is 2.34. The van der Waals surface area contributed by atoms with Crippen LogP contribution in [-0.4, -0.2) is 6.04 Å². The maximum Gasteiger partial charge on any atom is 0.0576 e. The van der Waals surface area contributed by atoms with E-state index in [0.29, 0.717) is 6.04 Å². The molecule has 1 aliphatic rings. The van der Waals surface area contributed by atoms with E-state index < -0.39 is 0 Å². The maximum absolute atomic E-state index is 6.02. The lowest BCUT2D eigenvalue weighted by Crippen LogP contribution is -2.24. The Hall–Kier alpha value is -1.18. The molecule has 2 heteroatoms. The van der Waals surface area contributed by atoms with Gasteiger partial charge in [0.05, 0.1) is 11.4 Å². The summed E-state index contributed by atoms with van der Waals surface area (Å²) in [6.45, 7) is 6.74. The van der Waals surface area contributed by atoms with E-state index in [-0.39, 0.29) is 0 Å². The number of rotatable bonds is 2. The molecule has 1 fully saturated rings. The Bertz CT molecular complexity index is 373. The number of nitrogens with one attached hydrogen (secondary N) is 1. The van der Waals surface area contributed by atoms with E-state index in [1.807, 2.05) is 6.07 Å². The molecule has 2 nitrogen and oxygen atoms in total. The van der Waals surface area contributed by atoms with Gasteiger partial charge in [-0.1, -0.05) is 19.9 Å². The molecule has 2 rings (SSSR count). The van der Waals surface area contributed by atoms with Crippen LogP contribution in [0.25, 0.3) is 0 Å². The second-order valence-electron chi connectivity index (χ2n) is 5.26. The molecule has 0 spiro atoms. The summed E-state index contributed by atoms with van der Waals surface area (Å²) in [7, 11) is 0. The largest absolute Gasteiger partial charge is 0.397 e. The Kier molecular flexibility index (Phi) is 3.08. The fourth-order valence-corrected chi connectivity index (χ4v) is 2.58. The molecular weight excluding hydrogens is 196 g/mol. The second-order valence-corrected chi connectivity index (χ2v) is 5.26. The lowest BCUT2D eigenvalue weighted by atomic mass is 9.97. The van der Waals surface area contributed by atoms with E-state index in [2.05, 4.69) is 38.2 Å². The van der Waals surface area contributed by atoms with Gasteiger partial charge in [-0.25, -0.2) is 0 Å². The molecule has 1 aromatic rings. The molecule has 0 amide bonds. The summed E-state index contributed by atoms with van der Waals surface area (Å²) in [5.74, 6) is 1.56. The minimum Gasteiger partial charge on any atom is -0.397 e. The topological polar surface area (TPSA) is 38.0 Å². The minimum absolute atomic E-state index is 0.583. The van der Waals surface area contributed by atoms with Crippen molar-refractivity contribution in [3.63, 3.8) is 0 Å². The number of hydrogen-bond acceptors (Lipinski definition) is 2. The van der Waals surface area contributed by atoms with Crippen molar-refractivity contribution in [2.45, 2.75) is 39.7 Å². The summed E-state index contributed by atoms with van der Waals surface area (Å²) in [5, 5.41) is 3.59. The molecule has 1 saturated carbocycles. The quantitative estimate of drug-likeness (QED) is 0.746. The van der Waals surface area contributed by atoms with Crippen LogP contribution >= 0.6 is 0 Å². The second kappa shape index (κ2) is 4.36. The van der Waals surface area contributed by atoms with Crippen LogP contribution in [0.15, 0.2) is 18.2 Å². The lowest BCUT2D eigenvalue weighted by Gasteiger charge is -2.22. The molecule has 0 heterocycles. The van der Waals surface area contributed by atoms with Gasteiger partial charge in [0.25, 0.3) is 0 Å². The van der Waals surface area contributed by atoms with Gasteiger partial charge in [-0.3, -0.25) is 0 Å². The van der Waals surface area contributed by atoms with Crippen molar-refractivity contribution < 1.29 is 0 Å². The Balaban J connectivity index is 2.09. The average Bonchev–Trinajstić information content (AvgIpc) is 2.54. The summed E-state index contributed by atoms with van der Waals surface area (Å²) in [5.41, 5.74) is 9.20.